The Morgan fingerprint density at radius 3 is 2.80 bits per heavy atom. The van der Waals surface area contributed by atoms with E-state index in [0.29, 0.717) is 23.2 Å². The molecule has 2 aromatic rings. The molecule has 0 bridgehead atoms. The van der Waals surface area contributed by atoms with Crippen molar-refractivity contribution in [3.05, 3.63) is 17.8 Å². The molecule has 0 aliphatic carbocycles. The number of aromatic amines is 1. The highest BCUT2D eigenvalue weighted by Gasteiger charge is 2.11. The van der Waals surface area contributed by atoms with Gasteiger partial charge < -0.3 is 14.4 Å². The number of H-pyrrole nitrogens is 1. The summed E-state index contributed by atoms with van der Waals surface area (Å²) in [6.45, 7) is 0. The third-order valence-corrected chi connectivity index (χ3v) is 1.85. The van der Waals surface area contributed by atoms with Crippen molar-refractivity contribution in [2.45, 2.75) is 0 Å². The largest absolute Gasteiger partial charge is 0.344 e. The molecular formula is C9H9N5O. The molecule has 0 spiro atoms. The first kappa shape index (κ1) is 9.27. The van der Waals surface area contributed by atoms with Gasteiger partial charge in [0.25, 0.3) is 11.8 Å². The highest BCUT2D eigenvalue weighted by atomic mass is 16.5. The van der Waals surface area contributed by atoms with Gasteiger partial charge in [-0.1, -0.05) is 0 Å². The average molecular weight is 203 g/mol. The molecule has 0 unspecified atom stereocenters. The third kappa shape index (κ3) is 1.67. The van der Waals surface area contributed by atoms with Crippen molar-refractivity contribution in [3.63, 3.8) is 0 Å². The van der Waals surface area contributed by atoms with Gasteiger partial charge in [-0.15, -0.1) is 0 Å². The molecule has 0 saturated heterocycles. The maximum absolute atomic E-state index is 8.64. The Labute approximate surface area is 86.1 Å². The molecular weight excluding hydrogens is 194 g/mol. The van der Waals surface area contributed by atoms with Crippen LogP contribution in [-0.2, 0) is 0 Å². The number of aromatic nitrogens is 3. The summed E-state index contributed by atoms with van der Waals surface area (Å²) in [5.41, 5.74) is 1.11. The van der Waals surface area contributed by atoms with E-state index in [0.717, 1.165) is 0 Å². The van der Waals surface area contributed by atoms with Gasteiger partial charge in [0.05, 0.1) is 0 Å². The number of nitriles is 1. The lowest BCUT2D eigenvalue weighted by atomic mass is 10.4. The van der Waals surface area contributed by atoms with Crippen LogP contribution >= 0.6 is 0 Å². The molecule has 1 N–H and O–H groups in total. The Balaban J connectivity index is 2.34. The standard InChI is InChI=1S/C9H9N5O/c1-14(2)9-12-8(15-13-9)7-4-3-6(5-10)11-7/h3-4,11H,1-2H3. The van der Waals surface area contributed by atoms with E-state index >= 15 is 0 Å². The van der Waals surface area contributed by atoms with Crippen molar-refractivity contribution < 1.29 is 4.52 Å². The molecule has 0 aromatic carbocycles. The summed E-state index contributed by atoms with van der Waals surface area (Å²) in [6, 6.07) is 5.38. The summed E-state index contributed by atoms with van der Waals surface area (Å²) in [5, 5.41) is 12.4. The zero-order valence-electron chi connectivity index (χ0n) is 8.35. The molecule has 2 aromatic heterocycles. The summed E-state index contributed by atoms with van der Waals surface area (Å²) in [6.07, 6.45) is 0. The number of rotatable bonds is 2. The maximum Gasteiger partial charge on any atom is 0.275 e. The number of anilines is 1. The lowest BCUT2D eigenvalue weighted by Gasteiger charge is -2.02. The van der Waals surface area contributed by atoms with Gasteiger partial charge >= 0.3 is 0 Å². The fourth-order valence-corrected chi connectivity index (χ4v) is 1.09. The van der Waals surface area contributed by atoms with Crippen LogP contribution in [0.2, 0.25) is 0 Å². The van der Waals surface area contributed by atoms with Crippen LogP contribution in [0.1, 0.15) is 5.69 Å². The molecule has 6 heteroatoms. The van der Waals surface area contributed by atoms with Crippen LogP contribution in [0, 0.1) is 11.3 Å². The zero-order chi connectivity index (χ0) is 10.8. The fraction of sp³-hybridized carbons (Fsp3) is 0.222. The monoisotopic (exact) mass is 203 g/mol. The van der Waals surface area contributed by atoms with E-state index < -0.39 is 0 Å². The van der Waals surface area contributed by atoms with Gasteiger partial charge in [0.15, 0.2) is 0 Å². The number of hydrogen-bond donors (Lipinski definition) is 1. The van der Waals surface area contributed by atoms with Gasteiger partial charge in [0, 0.05) is 14.1 Å². The fourth-order valence-electron chi connectivity index (χ4n) is 1.09. The minimum Gasteiger partial charge on any atom is -0.344 e. The van der Waals surface area contributed by atoms with Crippen LogP contribution in [0.3, 0.4) is 0 Å². The van der Waals surface area contributed by atoms with Crippen LogP contribution < -0.4 is 4.90 Å². The lowest BCUT2D eigenvalue weighted by Crippen LogP contribution is -2.10. The van der Waals surface area contributed by atoms with Crippen LogP contribution in [0.5, 0.6) is 0 Å². The summed E-state index contributed by atoms with van der Waals surface area (Å²) < 4.78 is 5.03. The van der Waals surface area contributed by atoms with Crippen molar-refractivity contribution in [1.82, 2.24) is 15.1 Å². The molecule has 6 nitrogen and oxygen atoms in total. The van der Waals surface area contributed by atoms with E-state index in [-0.39, 0.29) is 0 Å². The highest BCUT2D eigenvalue weighted by Crippen LogP contribution is 2.18. The smallest absolute Gasteiger partial charge is 0.275 e. The predicted molar refractivity (Wildman–Crippen MR) is 53.1 cm³/mol. The molecule has 0 atom stereocenters. The average Bonchev–Trinajstić information content (AvgIpc) is 2.86. The highest BCUT2D eigenvalue weighted by molar-refractivity contribution is 5.51. The lowest BCUT2D eigenvalue weighted by molar-refractivity contribution is 0.429. The van der Waals surface area contributed by atoms with E-state index in [9.17, 15) is 0 Å². The molecule has 2 heterocycles. The van der Waals surface area contributed by atoms with E-state index in [4.69, 9.17) is 9.78 Å². The van der Waals surface area contributed by atoms with Crippen molar-refractivity contribution in [2.75, 3.05) is 19.0 Å². The maximum atomic E-state index is 8.64. The van der Waals surface area contributed by atoms with Crippen LogP contribution in [0.15, 0.2) is 16.7 Å². The van der Waals surface area contributed by atoms with Crippen molar-refractivity contribution in [2.24, 2.45) is 0 Å². The van der Waals surface area contributed by atoms with Gasteiger partial charge in [-0.05, 0) is 17.3 Å². The van der Waals surface area contributed by atoms with E-state index in [1.807, 2.05) is 20.2 Å². The Bertz CT molecular complexity index is 505. The first-order valence-corrected chi connectivity index (χ1v) is 4.31. The number of hydrogen-bond acceptors (Lipinski definition) is 5. The number of nitrogens with zero attached hydrogens (tertiary/aromatic N) is 4. The zero-order valence-corrected chi connectivity index (χ0v) is 8.35. The van der Waals surface area contributed by atoms with E-state index in [1.165, 1.54) is 0 Å². The van der Waals surface area contributed by atoms with Crippen molar-refractivity contribution >= 4 is 5.95 Å². The summed E-state index contributed by atoms with van der Waals surface area (Å²) >= 11 is 0. The minimum absolute atomic E-state index is 0.375. The van der Waals surface area contributed by atoms with Crippen molar-refractivity contribution in [1.29, 1.82) is 5.26 Å². The van der Waals surface area contributed by atoms with Gasteiger partial charge in [0.2, 0.25) is 0 Å². The minimum atomic E-state index is 0.375. The molecule has 2 rings (SSSR count). The molecule has 15 heavy (non-hydrogen) atoms. The molecule has 0 aliphatic heterocycles. The molecule has 0 fully saturated rings. The van der Waals surface area contributed by atoms with Gasteiger partial charge in [-0.3, -0.25) is 0 Å². The van der Waals surface area contributed by atoms with Crippen LogP contribution in [0.4, 0.5) is 5.95 Å². The Hall–Kier alpha value is -2.29. The van der Waals surface area contributed by atoms with Gasteiger partial charge in [-0.25, -0.2) is 0 Å². The SMILES string of the molecule is CN(C)c1noc(-c2ccc(C#N)[nH]2)n1. The molecule has 0 saturated carbocycles. The second-order valence-corrected chi connectivity index (χ2v) is 3.19. The normalized spacial score (nSPS) is 9.93. The Morgan fingerprint density at radius 2 is 2.27 bits per heavy atom. The topological polar surface area (TPSA) is 81.7 Å². The molecule has 0 radical (unpaired) electrons. The third-order valence-electron chi connectivity index (χ3n) is 1.85. The predicted octanol–water partition coefficient (Wildman–Crippen LogP) is 1.00. The van der Waals surface area contributed by atoms with Crippen molar-refractivity contribution in [3.8, 4) is 17.7 Å². The van der Waals surface area contributed by atoms with Gasteiger partial charge in [-0.2, -0.15) is 10.2 Å². The summed E-state index contributed by atoms with van der Waals surface area (Å²) in [4.78, 5) is 8.73. The molecule has 0 aliphatic rings. The second kappa shape index (κ2) is 3.46. The summed E-state index contributed by atoms with van der Waals surface area (Å²) in [5.74, 6) is 0.873. The quantitative estimate of drug-likeness (QED) is 0.787. The first-order valence-electron chi connectivity index (χ1n) is 4.31. The number of nitrogens with one attached hydrogen (secondary N) is 1. The van der Waals surface area contributed by atoms with Crippen LogP contribution in [-0.4, -0.2) is 29.2 Å². The molecule has 76 valence electrons. The van der Waals surface area contributed by atoms with E-state index in [2.05, 4.69) is 15.1 Å². The van der Waals surface area contributed by atoms with Crippen LogP contribution in [0.25, 0.3) is 11.6 Å². The Morgan fingerprint density at radius 1 is 1.47 bits per heavy atom. The summed E-state index contributed by atoms with van der Waals surface area (Å²) in [7, 11) is 3.65. The van der Waals surface area contributed by atoms with Gasteiger partial charge in [0.1, 0.15) is 17.5 Å². The molecule has 0 amide bonds. The van der Waals surface area contributed by atoms with E-state index in [1.54, 1.807) is 17.0 Å². The second-order valence-electron chi connectivity index (χ2n) is 3.19. The first-order chi connectivity index (χ1) is 7.20. The Kier molecular flexibility index (Phi) is 2.14.